The number of pyridine rings is 1. The van der Waals surface area contributed by atoms with Crippen molar-refractivity contribution in [1.82, 2.24) is 20.0 Å². The topological polar surface area (TPSA) is 58.4 Å². The van der Waals surface area contributed by atoms with Gasteiger partial charge in [0.1, 0.15) is 12.5 Å². The molecule has 2 aliphatic rings. The number of aromatic nitrogens is 2. The van der Waals surface area contributed by atoms with Crippen LogP contribution in [0.2, 0.25) is 0 Å². The lowest BCUT2D eigenvalue weighted by Crippen LogP contribution is -2.45. The Kier molecular flexibility index (Phi) is 4.03. The molecule has 2 N–H and O–H groups in total. The Morgan fingerprint density at radius 2 is 2.36 bits per heavy atom. The second-order valence-electron chi connectivity index (χ2n) is 7.46. The van der Waals surface area contributed by atoms with E-state index in [9.17, 15) is 9.18 Å². The number of amides is 1. The highest BCUT2D eigenvalue weighted by Crippen LogP contribution is 2.52. The summed E-state index contributed by atoms with van der Waals surface area (Å²) in [5.74, 6) is 1.15. The number of hydrogen-bond donors (Lipinski definition) is 2. The lowest BCUT2D eigenvalue weighted by Gasteiger charge is -2.26. The molecule has 4 unspecified atom stereocenters. The zero-order valence-corrected chi connectivity index (χ0v) is 15.4. The molecule has 1 amide bonds. The molecule has 0 bridgehead atoms. The van der Waals surface area contributed by atoms with E-state index in [1.165, 1.54) is 0 Å². The third-order valence-electron chi connectivity index (χ3n) is 5.53. The predicted molar refractivity (Wildman–Crippen MR) is 96.4 cm³/mol. The fraction of sp³-hybridized carbons (Fsp3) is 0.556. The van der Waals surface area contributed by atoms with E-state index in [0.717, 1.165) is 22.8 Å². The fourth-order valence-electron chi connectivity index (χ4n) is 4.24. The maximum absolute atomic E-state index is 13.0. The number of hydrogen-bond acceptors (Lipinski definition) is 4. The van der Waals surface area contributed by atoms with E-state index in [2.05, 4.69) is 21.7 Å². The largest absolute Gasteiger partial charge is 0.344 e. The fourth-order valence-corrected chi connectivity index (χ4v) is 4.82. The van der Waals surface area contributed by atoms with E-state index in [4.69, 9.17) is 0 Å². The first kappa shape index (κ1) is 16.8. The number of carbonyl (C=O) groups excluding carboxylic acids is 1. The highest BCUT2D eigenvalue weighted by atomic mass is 32.2. The zero-order chi connectivity index (χ0) is 17.8. The Morgan fingerprint density at radius 1 is 1.56 bits per heavy atom. The first-order valence-corrected chi connectivity index (χ1v) is 9.82. The van der Waals surface area contributed by atoms with Crippen LogP contribution in [0.5, 0.6) is 0 Å². The lowest BCUT2D eigenvalue weighted by molar-refractivity contribution is -0.125. The van der Waals surface area contributed by atoms with E-state index < -0.39 is 12.2 Å². The van der Waals surface area contributed by atoms with Crippen LogP contribution >= 0.6 is 11.8 Å². The van der Waals surface area contributed by atoms with E-state index >= 15 is 0 Å². The minimum atomic E-state index is -0.601. The van der Waals surface area contributed by atoms with Gasteiger partial charge in [0.15, 0.2) is 0 Å². The number of rotatable bonds is 5. The molecule has 134 valence electrons. The van der Waals surface area contributed by atoms with Crippen molar-refractivity contribution in [2.24, 2.45) is 17.8 Å². The molecule has 1 saturated carbocycles. The predicted octanol–water partition coefficient (Wildman–Crippen LogP) is 2.21. The van der Waals surface area contributed by atoms with Crippen molar-refractivity contribution in [2.75, 3.05) is 19.5 Å². The van der Waals surface area contributed by atoms with Crippen molar-refractivity contribution in [3.63, 3.8) is 0 Å². The summed E-state index contributed by atoms with van der Waals surface area (Å²) in [6.07, 6.45) is 5.86. The average Bonchev–Trinajstić information content (AvgIpc) is 2.95. The minimum absolute atomic E-state index is 0.0118. The summed E-state index contributed by atoms with van der Waals surface area (Å²) < 4.78 is 15.0. The van der Waals surface area contributed by atoms with Crippen molar-refractivity contribution >= 4 is 23.2 Å². The number of imidazole rings is 1. The van der Waals surface area contributed by atoms with Crippen LogP contribution in [0, 0.1) is 17.8 Å². The normalized spacial score (nSPS) is 28.2. The average molecular weight is 362 g/mol. The summed E-state index contributed by atoms with van der Waals surface area (Å²) in [5.41, 5.74) is 0.438. The van der Waals surface area contributed by atoms with Crippen molar-refractivity contribution in [3.05, 3.63) is 30.4 Å². The van der Waals surface area contributed by atoms with Gasteiger partial charge in [-0.15, -0.1) is 11.8 Å². The molecule has 1 aliphatic heterocycles. The summed E-state index contributed by atoms with van der Waals surface area (Å²) in [6, 6.07) is 3.89. The van der Waals surface area contributed by atoms with Gasteiger partial charge in [-0.25, -0.2) is 9.37 Å². The zero-order valence-electron chi connectivity index (χ0n) is 14.6. The number of carbonyl (C=O) groups is 1. The molecule has 2 fully saturated rings. The lowest BCUT2D eigenvalue weighted by atomic mass is 10.0. The standard InChI is InChI=1S/C18H23FN4OS/c1-18(2,17-21-9-12-13(25-3)5-4-6-23(12)17)22-16(24)15-10-8-20-11(7-19)14(10)15/h4-6,9-11,14-15,20H,7-8H2,1-3H3,(H,22,24). The smallest absolute Gasteiger partial charge is 0.224 e. The number of nitrogens with zero attached hydrogens (tertiary/aromatic N) is 2. The van der Waals surface area contributed by atoms with Crippen LogP contribution < -0.4 is 10.6 Å². The second kappa shape index (κ2) is 5.99. The van der Waals surface area contributed by atoms with Crippen molar-refractivity contribution < 1.29 is 9.18 Å². The SMILES string of the molecule is CSc1cccn2c(C(C)(C)NC(=O)C3C4CNC(CF)C43)ncc12. The first-order valence-electron chi connectivity index (χ1n) is 8.60. The second-order valence-corrected chi connectivity index (χ2v) is 8.31. The Hall–Kier alpha value is -1.60. The third kappa shape index (κ3) is 2.64. The van der Waals surface area contributed by atoms with E-state index in [1.54, 1.807) is 11.8 Å². The van der Waals surface area contributed by atoms with Gasteiger partial charge < -0.3 is 15.0 Å². The van der Waals surface area contributed by atoms with E-state index in [0.29, 0.717) is 0 Å². The maximum Gasteiger partial charge on any atom is 0.224 e. The third-order valence-corrected chi connectivity index (χ3v) is 6.31. The minimum Gasteiger partial charge on any atom is -0.344 e. The molecule has 0 spiro atoms. The van der Waals surface area contributed by atoms with Crippen LogP contribution in [0.25, 0.3) is 5.52 Å². The summed E-state index contributed by atoms with van der Waals surface area (Å²) in [4.78, 5) is 18.5. The Balaban J connectivity index is 1.56. The van der Waals surface area contributed by atoms with Crippen LogP contribution in [0.1, 0.15) is 19.7 Å². The van der Waals surface area contributed by atoms with Crippen molar-refractivity contribution in [1.29, 1.82) is 0 Å². The number of fused-ring (bicyclic) bond motifs is 2. The van der Waals surface area contributed by atoms with Gasteiger partial charge in [-0.3, -0.25) is 4.79 Å². The molecule has 2 aromatic heterocycles. The molecular weight excluding hydrogens is 339 g/mol. The van der Waals surface area contributed by atoms with Gasteiger partial charge in [-0.05, 0) is 50.6 Å². The molecule has 4 rings (SSSR count). The molecule has 3 heterocycles. The van der Waals surface area contributed by atoms with Gasteiger partial charge >= 0.3 is 0 Å². The number of thioether (sulfide) groups is 1. The van der Waals surface area contributed by atoms with Gasteiger partial charge in [-0.2, -0.15) is 0 Å². The van der Waals surface area contributed by atoms with Gasteiger partial charge in [0.25, 0.3) is 0 Å². The monoisotopic (exact) mass is 362 g/mol. The molecule has 1 aliphatic carbocycles. The van der Waals surface area contributed by atoms with Crippen LogP contribution in [0.15, 0.2) is 29.4 Å². The van der Waals surface area contributed by atoms with Gasteiger partial charge in [0.05, 0.1) is 17.3 Å². The van der Waals surface area contributed by atoms with Crippen LogP contribution in [-0.4, -0.2) is 40.8 Å². The van der Waals surface area contributed by atoms with Gasteiger partial charge in [-0.1, -0.05) is 0 Å². The quantitative estimate of drug-likeness (QED) is 0.801. The highest BCUT2D eigenvalue weighted by Gasteiger charge is 2.61. The number of alkyl halides is 1. The van der Waals surface area contributed by atoms with Gasteiger partial charge in [0, 0.05) is 23.1 Å². The van der Waals surface area contributed by atoms with Crippen LogP contribution in [0.3, 0.4) is 0 Å². The summed E-state index contributed by atoms with van der Waals surface area (Å²) in [7, 11) is 0. The highest BCUT2D eigenvalue weighted by molar-refractivity contribution is 7.98. The molecule has 5 nitrogen and oxygen atoms in total. The van der Waals surface area contributed by atoms with Gasteiger partial charge in [0.2, 0.25) is 5.91 Å². The molecule has 0 aromatic carbocycles. The first-order chi connectivity index (χ1) is 12.0. The Labute approximate surface area is 150 Å². The number of nitrogens with one attached hydrogen (secondary N) is 2. The van der Waals surface area contributed by atoms with Crippen molar-refractivity contribution in [3.8, 4) is 0 Å². The summed E-state index contributed by atoms with van der Waals surface area (Å²) in [5, 5.41) is 6.29. The molecule has 25 heavy (non-hydrogen) atoms. The molecule has 0 radical (unpaired) electrons. The number of piperidine rings is 1. The molecule has 4 atom stereocenters. The Morgan fingerprint density at radius 3 is 3.08 bits per heavy atom. The number of halogens is 1. The molecular formula is C18H23FN4OS. The Bertz CT molecular complexity index is 821. The van der Waals surface area contributed by atoms with Crippen LogP contribution in [-0.2, 0) is 10.3 Å². The summed E-state index contributed by atoms with van der Waals surface area (Å²) in [6.45, 7) is 4.26. The van der Waals surface area contributed by atoms with E-state index in [-0.39, 0.29) is 29.7 Å². The van der Waals surface area contributed by atoms with Crippen molar-refractivity contribution in [2.45, 2.75) is 30.3 Å². The maximum atomic E-state index is 13.0. The van der Waals surface area contributed by atoms with Crippen LogP contribution in [0.4, 0.5) is 4.39 Å². The summed E-state index contributed by atoms with van der Waals surface area (Å²) >= 11 is 1.67. The molecule has 7 heteroatoms. The molecule has 2 aromatic rings. The van der Waals surface area contributed by atoms with E-state index in [1.807, 2.05) is 43.0 Å². The molecule has 1 saturated heterocycles.